The summed E-state index contributed by atoms with van der Waals surface area (Å²) in [5.74, 6) is 0.448. The molecule has 1 fully saturated rings. The highest BCUT2D eigenvalue weighted by atomic mass is 16.5. The first-order valence-corrected chi connectivity index (χ1v) is 11.4. The lowest BCUT2D eigenvalue weighted by atomic mass is 9.81. The van der Waals surface area contributed by atoms with E-state index < -0.39 is 16.9 Å². The molecule has 0 radical (unpaired) electrons. The van der Waals surface area contributed by atoms with Crippen molar-refractivity contribution >= 4 is 5.97 Å². The number of rotatable bonds is 8. The molecular weight excluding hydrogens is 414 g/mol. The summed E-state index contributed by atoms with van der Waals surface area (Å²) in [6, 6.07) is 16.1. The smallest absolute Gasteiger partial charge is 0.316 e. The summed E-state index contributed by atoms with van der Waals surface area (Å²) in [4.78, 5) is 12.4. The Kier molecular flexibility index (Phi) is 6.02. The van der Waals surface area contributed by atoms with Crippen LogP contribution >= 0.6 is 0 Å². The fraction of sp³-hybridized carbons (Fsp3) is 0.357. The number of carbonyl (C=O) groups excluding carboxylic acids is 1. The van der Waals surface area contributed by atoms with Crippen LogP contribution in [0.15, 0.2) is 65.7 Å². The van der Waals surface area contributed by atoms with Crippen LogP contribution < -0.4 is 0 Å². The van der Waals surface area contributed by atoms with Gasteiger partial charge >= 0.3 is 5.97 Å². The Labute approximate surface area is 195 Å². The van der Waals surface area contributed by atoms with E-state index in [-0.39, 0.29) is 5.97 Å². The Hall–Kier alpha value is -3.18. The third-order valence-corrected chi connectivity index (χ3v) is 6.75. The molecule has 5 heteroatoms. The maximum absolute atomic E-state index is 12.4. The van der Waals surface area contributed by atoms with Crippen molar-refractivity contribution in [3.8, 4) is 22.5 Å². The summed E-state index contributed by atoms with van der Waals surface area (Å²) < 4.78 is 10.9. The van der Waals surface area contributed by atoms with Crippen LogP contribution in [0.3, 0.4) is 0 Å². The first kappa shape index (κ1) is 23.0. The number of ether oxygens (including phenoxy) is 1. The molecule has 0 aliphatic heterocycles. The maximum Gasteiger partial charge on any atom is 0.316 e. The summed E-state index contributed by atoms with van der Waals surface area (Å²) in [6.07, 6.45) is 2.65. The van der Waals surface area contributed by atoms with E-state index in [0.29, 0.717) is 23.6 Å². The zero-order chi connectivity index (χ0) is 23.8. The van der Waals surface area contributed by atoms with Gasteiger partial charge in [-0.3, -0.25) is 4.79 Å². The van der Waals surface area contributed by atoms with Gasteiger partial charge in [0.15, 0.2) is 5.76 Å². The molecule has 2 aromatic carbocycles. The number of aryl methyl sites for hydroxylation is 1. The van der Waals surface area contributed by atoms with Crippen LogP contribution in [0.5, 0.6) is 0 Å². The van der Waals surface area contributed by atoms with Gasteiger partial charge in [-0.25, -0.2) is 0 Å². The molecule has 0 saturated heterocycles. The summed E-state index contributed by atoms with van der Waals surface area (Å²) in [5.41, 5.74) is 4.36. The zero-order valence-electron chi connectivity index (χ0n) is 19.7. The number of aromatic nitrogens is 1. The monoisotopic (exact) mass is 445 g/mol. The van der Waals surface area contributed by atoms with Crippen molar-refractivity contribution in [3.63, 3.8) is 0 Å². The minimum absolute atomic E-state index is 0.123. The molecule has 0 amide bonds. The molecule has 1 atom stereocenters. The Bertz CT molecular complexity index is 1150. The fourth-order valence-corrected chi connectivity index (χ4v) is 4.19. The number of aliphatic hydroxyl groups excluding tert-OH is 1. The molecule has 4 rings (SSSR count). The van der Waals surface area contributed by atoms with E-state index >= 15 is 0 Å². The fourth-order valence-electron chi connectivity index (χ4n) is 4.19. The Morgan fingerprint density at radius 1 is 1.15 bits per heavy atom. The average Bonchev–Trinajstić information content (AvgIpc) is 3.56. The maximum atomic E-state index is 12.4. The van der Waals surface area contributed by atoms with Crippen molar-refractivity contribution in [2.24, 2.45) is 5.41 Å². The molecular formula is C28H31NO4. The second kappa shape index (κ2) is 8.64. The third kappa shape index (κ3) is 4.13. The molecule has 1 heterocycles. The van der Waals surface area contributed by atoms with Crippen molar-refractivity contribution < 1.29 is 19.2 Å². The lowest BCUT2D eigenvalue weighted by Gasteiger charge is -2.27. The third-order valence-electron chi connectivity index (χ3n) is 6.75. The van der Waals surface area contributed by atoms with E-state index in [1.165, 1.54) is 0 Å². The van der Waals surface area contributed by atoms with E-state index in [4.69, 9.17) is 9.26 Å². The standard InChI is InChI=1S/C28H31NO4/c1-6-27(4,5)25(30)23-18(3)29-33-24(23)21-10-8-19(9-11-21)20-12-14-22(15-13-20)28(16-17-28)26(31)32-7-2/h6,8-15,25,30H,1,7,16-17H2,2-5H3. The van der Waals surface area contributed by atoms with Gasteiger partial charge in [0.1, 0.15) is 0 Å². The van der Waals surface area contributed by atoms with Gasteiger partial charge in [0.05, 0.1) is 29.4 Å². The second-order valence-corrected chi connectivity index (χ2v) is 9.40. The molecule has 172 valence electrons. The molecule has 1 aliphatic rings. The number of esters is 1. The van der Waals surface area contributed by atoms with Gasteiger partial charge in [0.25, 0.3) is 0 Å². The van der Waals surface area contributed by atoms with Crippen LogP contribution in [-0.4, -0.2) is 22.8 Å². The molecule has 1 unspecified atom stereocenters. The molecule has 3 aromatic rings. The van der Waals surface area contributed by atoms with Gasteiger partial charge in [0.2, 0.25) is 0 Å². The van der Waals surface area contributed by atoms with E-state index in [0.717, 1.165) is 35.1 Å². The van der Waals surface area contributed by atoms with Crippen LogP contribution in [0.25, 0.3) is 22.5 Å². The first-order valence-electron chi connectivity index (χ1n) is 11.4. The summed E-state index contributed by atoms with van der Waals surface area (Å²) in [6.45, 7) is 11.8. The highest BCUT2D eigenvalue weighted by molar-refractivity contribution is 5.87. The van der Waals surface area contributed by atoms with E-state index in [2.05, 4.69) is 11.7 Å². The lowest BCUT2D eigenvalue weighted by molar-refractivity contribution is -0.146. The first-order chi connectivity index (χ1) is 15.7. The highest BCUT2D eigenvalue weighted by Gasteiger charge is 2.52. The van der Waals surface area contributed by atoms with Crippen LogP contribution in [-0.2, 0) is 14.9 Å². The normalized spacial score (nSPS) is 15.7. The molecule has 1 aromatic heterocycles. The molecule has 1 saturated carbocycles. The minimum atomic E-state index is -0.780. The molecule has 1 N–H and O–H groups in total. The Morgan fingerprint density at radius 2 is 1.70 bits per heavy atom. The predicted molar refractivity (Wildman–Crippen MR) is 129 cm³/mol. The zero-order valence-corrected chi connectivity index (χ0v) is 19.7. The van der Waals surface area contributed by atoms with Gasteiger partial charge < -0.3 is 14.4 Å². The van der Waals surface area contributed by atoms with Gasteiger partial charge in [-0.15, -0.1) is 6.58 Å². The van der Waals surface area contributed by atoms with Crippen molar-refractivity contribution in [1.82, 2.24) is 5.16 Å². The van der Waals surface area contributed by atoms with Crippen LogP contribution in [0.2, 0.25) is 0 Å². The van der Waals surface area contributed by atoms with Gasteiger partial charge in [0, 0.05) is 11.0 Å². The van der Waals surface area contributed by atoms with Gasteiger partial charge in [-0.1, -0.05) is 73.6 Å². The molecule has 5 nitrogen and oxygen atoms in total. The lowest BCUT2D eigenvalue weighted by Crippen LogP contribution is -2.23. The molecule has 0 spiro atoms. The van der Waals surface area contributed by atoms with E-state index in [1.54, 1.807) is 6.08 Å². The van der Waals surface area contributed by atoms with Crippen LogP contribution in [0.4, 0.5) is 0 Å². The number of benzene rings is 2. The summed E-state index contributed by atoms with van der Waals surface area (Å²) in [7, 11) is 0. The number of aliphatic hydroxyl groups is 1. The van der Waals surface area contributed by atoms with Crippen molar-refractivity contribution in [3.05, 3.63) is 78.0 Å². The van der Waals surface area contributed by atoms with Gasteiger partial charge in [-0.05, 0) is 43.4 Å². The summed E-state index contributed by atoms with van der Waals surface area (Å²) >= 11 is 0. The Balaban J connectivity index is 1.58. The molecule has 33 heavy (non-hydrogen) atoms. The van der Waals surface area contributed by atoms with Crippen LogP contribution in [0.1, 0.15) is 56.5 Å². The van der Waals surface area contributed by atoms with Crippen molar-refractivity contribution in [2.45, 2.75) is 52.1 Å². The number of hydrogen-bond acceptors (Lipinski definition) is 5. The number of nitrogens with zero attached hydrogens (tertiary/aromatic N) is 1. The van der Waals surface area contributed by atoms with Crippen LogP contribution in [0, 0.1) is 12.3 Å². The molecule has 1 aliphatic carbocycles. The van der Waals surface area contributed by atoms with E-state index in [1.807, 2.05) is 76.2 Å². The van der Waals surface area contributed by atoms with Crippen molar-refractivity contribution in [2.75, 3.05) is 6.61 Å². The van der Waals surface area contributed by atoms with E-state index in [9.17, 15) is 9.90 Å². The quantitative estimate of drug-likeness (QED) is 0.332. The largest absolute Gasteiger partial charge is 0.465 e. The predicted octanol–water partition coefficient (Wildman–Crippen LogP) is 6.16. The molecule has 0 bridgehead atoms. The SMILES string of the molecule is C=CC(C)(C)C(O)c1c(C)noc1-c1ccc(-c2ccc(C3(C(=O)OCC)CC3)cc2)cc1. The highest BCUT2D eigenvalue weighted by Crippen LogP contribution is 2.49. The number of hydrogen-bond donors (Lipinski definition) is 1. The topological polar surface area (TPSA) is 72.6 Å². The second-order valence-electron chi connectivity index (χ2n) is 9.40. The summed E-state index contributed by atoms with van der Waals surface area (Å²) in [5, 5.41) is 15.1. The van der Waals surface area contributed by atoms with Crippen molar-refractivity contribution in [1.29, 1.82) is 0 Å². The Morgan fingerprint density at radius 3 is 2.21 bits per heavy atom. The average molecular weight is 446 g/mol. The minimum Gasteiger partial charge on any atom is -0.465 e. The van der Waals surface area contributed by atoms with Gasteiger partial charge in [-0.2, -0.15) is 0 Å². The number of carbonyl (C=O) groups is 1.